The average Bonchev–Trinajstić information content (AvgIpc) is 2.48. The summed E-state index contributed by atoms with van der Waals surface area (Å²) in [6.45, 7) is 0. The molecule has 0 aliphatic heterocycles. The third kappa shape index (κ3) is 2.33. The fraction of sp³-hybridized carbons (Fsp3) is 0. The van der Waals surface area contributed by atoms with Gasteiger partial charge in [-0.3, -0.25) is 4.79 Å². The Bertz CT molecular complexity index is 714. The molecule has 0 heterocycles. The molecule has 3 rings (SSSR count). The lowest BCUT2D eigenvalue weighted by Gasteiger charge is -2.08. The van der Waals surface area contributed by atoms with E-state index in [0.717, 1.165) is 16.5 Å². The van der Waals surface area contributed by atoms with Crippen LogP contribution in [0, 0.1) is 12.1 Å². The SMILES string of the molecule is O=C(Nc1cccc2ccccc12)c1c[c][c]cc1. The van der Waals surface area contributed by atoms with Crippen LogP contribution in [-0.2, 0) is 0 Å². The summed E-state index contributed by atoms with van der Waals surface area (Å²) in [5, 5.41) is 5.07. The molecule has 0 atom stereocenters. The van der Waals surface area contributed by atoms with Crippen LogP contribution in [0.4, 0.5) is 5.69 Å². The molecule has 0 aromatic heterocycles. The predicted molar refractivity (Wildman–Crippen MR) is 76.0 cm³/mol. The lowest BCUT2D eigenvalue weighted by atomic mass is 10.1. The summed E-state index contributed by atoms with van der Waals surface area (Å²) < 4.78 is 0. The Labute approximate surface area is 111 Å². The smallest absolute Gasteiger partial charge is 0.255 e. The van der Waals surface area contributed by atoms with E-state index in [9.17, 15) is 4.79 Å². The Morgan fingerprint density at radius 3 is 2.63 bits per heavy atom. The zero-order valence-corrected chi connectivity index (χ0v) is 10.2. The molecule has 0 saturated carbocycles. The maximum atomic E-state index is 12.1. The van der Waals surface area contributed by atoms with Gasteiger partial charge in [-0.2, -0.15) is 0 Å². The maximum absolute atomic E-state index is 12.1. The van der Waals surface area contributed by atoms with E-state index in [1.165, 1.54) is 0 Å². The second-order valence-electron chi connectivity index (χ2n) is 4.20. The van der Waals surface area contributed by atoms with Crippen LogP contribution in [0.5, 0.6) is 0 Å². The minimum absolute atomic E-state index is 0.137. The zero-order chi connectivity index (χ0) is 13.1. The molecule has 90 valence electrons. The molecule has 0 bridgehead atoms. The van der Waals surface area contributed by atoms with Gasteiger partial charge in [0, 0.05) is 16.6 Å². The van der Waals surface area contributed by atoms with E-state index in [1.54, 1.807) is 18.2 Å². The summed E-state index contributed by atoms with van der Waals surface area (Å²) in [5.74, 6) is -0.137. The minimum atomic E-state index is -0.137. The molecule has 0 unspecified atom stereocenters. The van der Waals surface area contributed by atoms with Crippen LogP contribution in [0.2, 0.25) is 0 Å². The van der Waals surface area contributed by atoms with Crippen LogP contribution in [0.3, 0.4) is 0 Å². The van der Waals surface area contributed by atoms with Crippen molar-refractivity contribution in [1.29, 1.82) is 0 Å². The highest BCUT2D eigenvalue weighted by atomic mass is 16.1. The van der Waals surface area contributed by atoms with Gasteiger partial charge >= 0.3 is 0 Å². The molecule has 2 radical (unpaired) electrons. The molecule has 2 nitrogen and oxygen atoms in total. The molecule has 2 heteroatoms. The number of hydrogen-bond acceptors (Lipinski definition) is 1. The number of anilines is 1. The van der Waals surface area contributed by atoms with Crippen molar-refractivity contribution < 1.29 is 4.79 Å². The van der Waals surface area contributed by atoms with Crippen molar-refractivity contribution in [3.63, 3.8) is 0 Å². The Kier molecular flexibility index (Phi) is 2.99. The van der Waals surface area contributed by atoms with Crippen LogP contribution in [0.15, 0.2) is 60.7 Å². The van der Waals surface area contributed by atoms with Gasteiger partial charge in [-0.1, -0.05) is 42.5 Å². The van der Waals surface area contributed by atoms with Gasteiger partial charge in [-0.25, -0.2) is 0 Å². The van der Waals surface area contributed by atoms with E-state index in [-0.39, 0.29) is 5.91 Å². The largest absolute Gasteiger partial charge is 0.321 e. The first kappa shape index (κ1) is 11.5. The van der Waals surface area contributed by atoms with Crippen molar-refractivity contribution >= 4 is 22.4 Å². The fourth-order valence-corrected chi connectivity index (χ4v) is 2.02. The van der Waals surface area contributed by atoms with Crippen LogP contribution in [0.1, 0.15) is 10.4 Å². The number of fused-ring (bicyclic) bond motifs is 1. The summed E-state index contributed by atoms with van der Waals surface area (Å²) in [5.41, 5.74) is 1.39. The highest BCUT2D eigenvalue weighted by Crippen LogP contribution is 2.23. The molecule has 3 aromatic rings. The molecular formula is C17H11NO. The molecule has 19 heavy (non-hydrogen) atoms. The Balaban J connectivity index is 1.96. The van der Waals surface area contributed by atoms with Crippen molar-refractivity contribution in [2.75, 3.05) is 5.32 Å². The lowest BCUT2D eigenvalue weighted by Crippen LogP contribution is -2.11. The summed E-state index contributed by atoms with van der Waals surface area (Å²) in [7, 11) is 0. The fourth-order valence-electron chi connectivity index (χ4n) is 2.02. The van der Waals surface area contributed by atoms with Gasteiger partial charge in [-0.05, 0) is 35.7 Å². The number of carbonyl (C=O) groups excluding carboxylic acids is 1. The second kappa shape index (κ2) is 4.94. The third-order valence-corrected chi connectivity index (χ3v) is 2.96. The minimum Gasteiger partial charge on any atom is -0.321 e. The van der Waals surface area contributed by atoms with Gasteiger partial charge in [0.15, 0.2) is 0 Å². The number of carbonyl (C=O) groups is 1. The molecule has 0 aliphatic rings. The zero-order valence-electron chi connectivity index (χ0n) is 10.2. The van der Waals surface area contributed by atoms with Gasteiger partial charge < -0.3 is 5.32 Å². The molecule has 0 saturated heterocycles. The topological polar surface area (TPSA) is 29.1 Å². The first-order valence-corrected chi connectivity index (χ1v) is 6.01. The predicted octanol–water partition coefficient (Wildman–Crippen LogP) is 3.69. The third-order valence-electron chi connectivity index (χ3n) is 2.96. The molecule has 1 N–H and O–H groups in total. The van der Waals surface area contributed by atoms with E-state index >= 15 is 0 Å². The van der Waals surface area contributed by atoms with Crippen molar-refractivity contribution in [1.82, 2.24) is 0 Å². The van der Waals surface area contributed by atoms with Gasteiger partial charge in [0.25, 0.3) is 5.91 Å². The second-order valence-corrected chi connectivity index (χ2v) is 4.20. The molecule has 0 aliphatic carbocycles. The molecule has 0 fully saturated rings. The number of nitrogens with one attached hydrogen (secondary N) is 1. The maximum Gasteiger partial charge on any atom is 0.255 e. The van der Waals surface area contributed by atoms with Crippen molar-refractivity contribution in [2.24, 2.45) is 0 Å². The van der Waals surface area contributed by atoms with Crippen LogP contribution >= 0.6 is 0 Å². The molecular weight excluding hydrogens is 234 g/mol. The van der Waals surface area contributed by atoms with E-state index in [2.05, 4.69) is 17.4 Å². The monoisotopic (exact) mass is 245 g/mol. The standard InChI is InChI=1S/C17H11NO/c19-17(14-8-2-1-3-9-14)18-16-12-6-10-13-7-4-5-11-15(13)16/h2,4-12H,(H,18,19). The average molecular weight is 245 g/mol. The molecule has 1 amide bonds. The summed E-state index contributed by atoms with van der Waals surface area (Å²) in [6, 6.07) is 24.4. The number of benzene rings is 3. The summed E-state index contributed by atoms with van der Waals surface area (Å²) >= 11 is 0. The molecule has 0 spiro atoms. The number of rotatable bonds is 2. The highest BCUT2D eigenvalue weighted by molar-refractivity contribution is 6.09. The first-order valence-electron chi connectivity index (χ1n) is 6.01. The van der Waals surface area contributed by atoms with E-state index in [0.29, 0.717) is 5.56 Å². The summed E-state index contributed by atoms with van der Waals surface area (Å²) in [4.78, 5) is 12.1. The van der Waals surface area contributed by atoms with Gasteiger partial charge in [0.1, 0.15) is 0 Å². The number of hydrogen-bond donors (Lipinski definition) is 1. The van der Waals surface area contributed by atoms with Crippen molar-refractivity contribution in [3.8, 4) is 0 Å². The van der Waals surface area contributed by atoms with Crippen molar-refractivity contribution in [3.05, 3.63) is 78.4 Å². The van der Waals surface area contributed by atoms with Crippen LogP contribution < -0.4 is 5.32 Å². The van der Waals surface area contributed by atoms with E-state index < -0.39 is 0 Å². The Morgan fingerprint density at radius 1 is 0.947 bits per heavy atom. The highest BCUT2D eigenvalue weighted by Gasteiger charge is 2.07. The summed E-state index contributed by atoms with van der Waals surface area (Å²) in [6.07, 6.45) is 0. The Morgan fingerprint density at radius 2 is 1.79 bits per heavy atom. The van der Waals surface area contributed by atoms with E-state index in [1.807, 2.05) is 42.5 Å². The van der Waals surface area contributed by atoms with Gasteiger partial charge in [0.2, 0.25) is 0 Å². The quantitative estimate of drug-likeness (QED) is 0.733. The van der Waals surface area contributed by atoms with Gasteiger partial charge in [-0.15, -0.1) is 0 Å². The molecule has 3 aromatic carbocycles. The first-order chi connectivity index (χ1) is 9.34. The lowest BCUT2D eigenvalue weighted by molar-refractivity contribution is 0.102. The number of amides is 1. The van der Waals surface area contributed by atoms with E-state index in [4.69, 9.17) is 0 Å². The normalized spacial score (nSPS) is 10.3. The Hall–Kier alpha value is -2.61. The van der Waals surface area contributed by atoms with Crippen LogP contribution in [-0.4, -0.2) is 5.91 Å². The van der Waals surface area contributed by atoms with Crippen LogP contribution in [0.25, 0.3) is 10.8 Å². The van der Waals surface area contributed by atoms with Crippen molar-refractivity contribution in [2.45, 2.75) is 0 Å². The van der Waals surface area contributed by atoms with Gasteiger partial charge in [0.05, 0.1) is 0 Å².